The van der Waals surface area contributed by atoms with Gasteiger partial charge in [-0.1, -0.05) is 12.8 Å². The third kappa shape index (κ3) is 3.42. The molecule has 1 aromatic rings. The Kier molecular flexibility index (Phi) is 4.53. The molecule has 1 aliphatic rings. The van der Waals surface area contributed by atoms with Gasteiger partial charge in [0.15, 0.2) is 0 Å². The summed E-state index contributed by atoms with van der Waals surface area (Å²) in [5, 5.41) is 3.14. The van der Waals surface area contributed by atoms with Crippen LogP contribution in [-0.2, 0) is 6.54 Å². The minimum atomic E-state index is 0.799. The van der Waals surface area contributed by atoms with Gasteiger partial charge in [0.05, 0.1) is 5.69 Å². The predicted octanol–water partition coefficient (Wildman–Crippen LogP) is 2.13. The molecule has 0 aliphatic heterocycles. The normalized spacial score (nSPS) is 16.2. The van der Waals surface area contributed by atoms with Crippen LogP contribution in [0.1, 0.15) is 37.1 Å². The van der Waals surface area contributed by atoms with E-state index in [0.717, 1.165) is 36.3 Å². The molecule has 4 heteroatoms. The highest BCUT2D eigenvalue weighted by Crippen LogP contribution is 2.26. The average Bonchev–Trinajstić information content (AvgIpc) is 2.81. The smallest absolute Gasteiger partial charge is 0.225 e. The van der Waals surface area contributed by atoms with Gasteiger partial charge in [0.25, 0.3) is 0 Å². The zero-order valence-electron chi connectivity index (χ0n) is 11.7. The molecule has 18 heavy (non-hydrogen) atoms. The molecular weight excluding hydrogens is 224 g/mol. The molecule has 1 aliphatic carbocycles. The van der Waals surface area contributed by atoms with E-state index in [9.17, 15) is 0 Å². The summed E-state index contributed by atoms with van der Waals surface area (Å²) in [6.07, 6.45) is 5.50. The summed E-state index contributed by atoms with van der Waals surface area (Å²) in [6.45, 7) is 3.92. The predicted molar refractivity (Wildman–Crippen MR) is 74.8 cm³/mol. The van der Waals surface area contributed by atoms with Crippen LogP contribution in [0.15, 0.2) is 6.07 Å². The fraction of sp³-hybridized carbons (Fsp3) is 0.714. The Hall–Kier alpha value is -1.16. The second-order valence-corrected chi connectivity index (χ2v) is 5.36. The van der Waals surface area contributed by atoms with Crippen molar-refractivity contribution >= 4 is 5.95 Å². The second kappa shape index (κ2) is 6.14. The zero-order chi connectivity index (χ0) is 13.0. The average molecular weight is 248 g/mol. The topological polar surface area (TPSA) is 41.1 Å². The van der Waals surface area contributed by atoms with Crippen LogP contribution in [0, 0.1) is 12.8 Å². The Bertz CT molecular complexity index is 385. The largest absolute Gasteiger partial charge is 0.344 e. The van der Waals surface area contributed by atoms with Gasteiger partial charge in [0.1, 0.15) is 0 Å². The number of nitrogens with zero attached hydrogens (tertiary/aromatic N) is 3. The van der Waals surface area contributed by atoms with Gasteiger partial charge in [-0.2, -0.15) is 0 Å². The van der Waals surface area contributed by atoms with Crippen molar-refractivity contribution in [3.63, 3.8) is 0 Å². The lowest BCUT2D eigenvalue weighted by Gasteiger charge is -2.21. The van der Waals surface area contributed by atoms with E-state index >= 15 is 0 Å². The standard InChI is InChI=1S/C14H24N4/c1-11-8-13(9-15-2)17-14(16-11)18(3)10-12-6-4-5-7-12/h8,12,15H,4-7,9-10H2,1-3H3. The molecule has 4 nitrogen and oxygen atoms in total. The van der Waals surface area contributed by atoms with Crippen molar-refractivity contribution in [2.75, 3.05) is 25.5 Å². The monoisotopic (exact) mass is 248 g/mol. The first-order valence-electron chi connectivity index (χ1n) is 6.89. The van der Waals surface area contributed by atoms with E-state index in [2.05, 4.69) is 27.2 Å². The summed E-state index contributed by atoms with van der Waals surface area (Å²) in [6, 6.07) is 2.05. The third-order valence-electron chi connectivity index (χ3n) is 3.60. The number of hydrogen-bond acceptors (Lipinski definition) is 4. The van der Waals surface area contributed by atoms with Crippen molar-refractivity contribution < 1.29 is 0 Å². The highest BCUT2D eigenvalue weighted by Gasteiger charge is 2.18. The summed E-state index contributed by atoms with van der Waals surface area (Å²) in [4.78, 5) is 11.4. The summed E-state index contributed by atoms with van der Waals surface area (Å²) < 4.78 is 0. The van der Waals surface area contributed by atoms with Gasteiger partial charge in [-0.3, -0.25) is 0 Å². The minimum absolute atomic E-state index is 0.799. The molecule has 0 saturated heterocycles. The number of nitrogens with one attached hydrogen (secondary N) is 1. The number of aromatic nitrogens is 2. The van der Waals surface area contributed by atoms with Crippen molar-refractivity contribution in [1.82, 2.24) is 15.3 Å². The molecule has 2 rings (SSSR count). The minimum Gasteiger partial charge on any atom is -0.344 e. The van der Waals surface area contributed by atoms with Gasteiger partial charge in [-0.15, -0.1) is 0 Å². The number of rotatable bonds is 5. The van der Waals surface area contributed by atoms with E-state index in [1.165, 1.54) is 25.7 Å². The van der Waals surface area contributed by atoms with E-state index in [1.807, 2.05) is 20.0 Å². The van der Waals surface area contributed by atoms with E-state index in [0.29, 0.717) is 0 Å². The molecule has 1 aromatic heterocycles. The Labute approximate surface area is 110 Å². The van der Waals surface area contributed by atoms with E-state index < -0.39 is 0 Å². The Balaban J connectivity index is 2.05. The molecule has 0 atom stereocenters. The Morgan fingerprint density at radius 1 is 1.33 bits per heavy atom. The highest BCUT2D eigenvalue weighted by molar-refractivity contribution is 5.31. The Morgan fingerprint density at radius 3 is 2.72 bits per heavy atom. The fourth-order valence-electron chi connectivity index (χ4n) is 2.72. The van der Waals surface area contributed by atoms with Crippen molar-refractivity contribution in [3.05, 3.63) is 17.5 Å². The molecular formula is C14H24N4. The van der Waals surface area contributed by atoms with Crippen molar-refractivity contribution in [2.24, 2.45) is 5.92 Å². The first-order chi connectivity index (χ1) is 8.69. The summed E-state index contributed by atoms with van der Waals surface area (Å²) >= 11 is 0. The molecule has 1 fully saturated rings. The van der Waals surface area contributed by atoms with E-state index in [-0.39, 0.29) is 0 Å². The van der Waals surface area contributed by atoms with Crippen LogP contribution in [0.2, 0.25) is 0 Å². The highest BCUT2D eigenvalue weighted by atomic mass is 15.2. The number of anilines is 1. The van der Waals surface area contributed by atoms with Crippen LogP contribution in [0.25, 0.3) is 0 Å². The lowest BCUT2D eigenvalue weighted by atomic mass is 10.1. The van der Waals surface area contributed by atoms with Crippen LogP contribution in [0.4, 0.5) is 5.95 Å². The van der Waals surface area contributed by atoms with E-state index in [4.69, 9.17) is 0 Å². The first-order valence-corrected chi connectivity index (χ1v) is 6.89. The maximum atomic E-state index is 4.62. The lowest BCUT2D eigenvalue weighted by Crippen LogP contribution is -2.26. The number of aryl methyl sites for hydroxylation is 1. The van der Waals surface area contributed by atoms with Crippen molar-refractivity contribution in [2.45, 2.75) is 39.2 Å². The van der Waals surface area contributed by atoms with Gasteiger partial charge in [-0.05, 0) is 38.8 Å². The van der Waals surface area contributed by atoms with Crippen LogP contribution in [0.5, 0.6) is 0 Å². The van der Waals surface area contributed by atoms with Gasteiger partial charge >= 0.3 is 0 Å². The summed E-state index contributed by atoms with van der Waals surface area (Å²) in [5.74, 6) is 1.69. The van der Waals surface area contributed by atoms with Crippen LogP contribution >= 0.6 is 0 Å². The Morgan fingerprint density at radius 2 is 2.06 bits per heavy atom. The maximum absolute atomic E-state index is 4.62. The van der Waals surface area contributed by atoms with Crippen LogP contribution < -0.4 is 10.2 Å². The van der Waals surface area contributed by atoms with Crippen molar-refractivity contribution in [1.29, 1.82) is 0 Å². The van der Waals surface area contributed by atoms with Crippen molar-refractivity contribution in [3.8, 4) is 0 Å². The fourth-order valence-corrected chi connectivity index (χ4v) is 2.72. The quantitative estimate of drug-likeness (QED) is 0.866. The molecule has 0 unspecified atom stereocenters. The molecule has 0 aromatic carbocycles. The molecule has 0 spiro atoms. The molecule has 0 bridgehead atoms. The molecule has 1 saturated carbocycles. The summed E-state index contributed by atoms with van der Waals surface area (Å²) in [5.41, 5.74) is 2.11. The lowest BCUT2D eigenvalue weighted by molar-refractivity contribution is 0.541. The first kappa shape index (κ1) is 13.3. The van der Waals surface area contributed by atoms with Crippen LogP contribution in [0.3, 0.4) is 0 Å². The second-order valence-electron chi connectivity index (χ2n) is 5.36. The molecule has 0 amide bonds. The molecule has 0 radical (unpaired) electrons. The molecule has 100 valence electrons. The maximum Gasteiger partial charge on any atom is 0.225 e. The van der Waals surface area contributed by atoms with E-state index in [1.54, 1.807) is 0 Å². The number of hydrogen-bond donors (Lipinski definition) is 1. The van der Waals surface area contributed by atoms with Gasteiger partial charge < -0.3 is 10.2 Å². The van der Waals surface area contributed by atoms with Gasteiger partial charge in [0, 0.05) is 25.8 Å². The molecule has 1 N–H and O–H groups in total. The van der Waals surface area contributed by atoms with Gasteiger partial charge in [0.2, 0.25) is 5.95 Å². The summed E-state index contributed by atoms with van der Waals surface area (Å²) in [7, 11) is 4.05. The molecule has 1 heterocycles. The van der Waals surface area contributed by atoms with Crippen LogP contribution in [-0.4, -0.2) is 30.6 Å². The van der Waals surface area contributed by atoms with Gasteiger partial charge in [-0.25, -0.2) is 9.97 Å². The zero-order valence-corrected chi connectivity index (χ0v) is 11.7. The SMILES string of the molecule is CNCc1cc(C)nc(N(C)CC2CCCC2)n1. The third-order valence-corrected chi connectivity index (χ3v) is 3.60.